The van der Waals surface area contributed by atoms with Crippen molar-refractivity contribution in [1.82, 2.24) is 0 Å². The molecule has 0 saturated carbocycles. The highest BCUT2D eigenvalue weighted by atomic mass is 16.3. The van der Waals surface area contributed by atoms with Crippen LogP contribution in [0.25, 0.3) is 0 Å². The lowest BCUT2D eigenvalue weighted by Gasteiger charge is -2.35. The van der Waals surface area contributed by atoms with E-state index in [1.54, 1.807) is 0 Å². The summed E-state index contributed by atoms with van der Waals surface area (Å²) in [6.07, 6.45) is 1.93. The van der Waals surface area contributed by atoms with Gasteiger partial charge in [0.25, 0.3) is 0 Å². The lowest BCUT2D eigenvalue weighted by atomic mass is 10.3. The third-order valence-corrected chi connectivity index (χ3v) is 2.43. The van der Waals surface area contributed by atoms with Gasteiger partial charge in [-0.25, -0.2) is 0 Å². The molecule has 0 unspecified atom stereocenters. The molecular formula is C9H20NO+. The van der Waals surface area contributed by atoms with E-state index >= 15 is 0 Å². The quantitative estimate of drug-likeness (QED) is 0.452. The molecule has 11 heavy (non-hydrogen) atoms. The van der Waals surface area contributed by atoms with Gasteiger partial charge in [-0.15, -0.1) is 0 Å². The Labute approximate surface area is 69.7 Å². The molecule has 0 aliphatic heterocycles. The van der Waals surface area contributed by atoms with E-state index in [0.717, 1.165) is 30.7 Å². The van der Waals surface area contributed by atoms with Gasteiger partial charge in [0, 0.05) is 0 Å². The number of hydrogen-bond acceptors (Lipinski definition) is 1. The second-order valence-electron chi connectivity index (χ2n) is 2.89. The van der Waals surface area contributed by atoms with Crippen LogP contribution in [-0.4, -0.2) is 42.4 Å². The highest BCUT2D eigenvalue weighted by molar-refractivity contribution is 4.65. The Morgan fingerprint density at radius 3 is 2.18 bits per heavy atom. The summed E-state index contributed by atoms with van der Waals surface area (Å²) in [5.41, 5.74) is 0. The highest BCUT2D eigenvalue weighted by Gasteiger charge is 2.19. The van der Waals surface area contributed by atoms with E-state index in [1.165, 1.54) is 0 Å². The molecule has 66 valence electrons. The fourth-order valence-electron chi connectivity index (χ4n) is 1.38. The molecule has 0 aromatic rings. The number of aliphatic hydroxyl groups excluding tert-OH is 1. The predicted molar refractivity (Wildman–Crippen MR) is 48.4 cm³/mol. The zero-order chi connectivity index (χ0) is 8.74. The Morgan fingerprint density at radius 1 is 1.36 bits per heavy atom. The molecule has 0 aromatic carbocycles. The van der Waals surface area contributed by atoms with Crippen LogP contribution in [0, 0.1) is 0 Å². The second-order valence-corrected chi connectivity index (χ2v) is 2.89. The Bertz CT molecular complexity index is 108. The van der Waals surface area contributed by atoms with Crippen LogP contribution in [0.4, 0.5) is 0 Å². The largest absolute Gasteiger partial charge is 0.391 e. The molecule has 0 aliphatic rings. The first-order valence-electron chi connectivity index (χ1n) is 4.31. The van der Waals surface area contributed by atoms with Gasteiger partial charge < -0.3 is 9.59 Å². The van der Waals surface area contributed by atoms with Crippen molar-refractivity contribution in [3.8, 4) is 0 Å². The zero-order valence-corrected chi connectivity index (χ0v) is 7.71. The minimum atomic E-state index is 0.273. The van der Waals surface area contributed by atoms with Crippen molar-refractivity contribution < 1.29 is 9.59 Å². The lowest BCUT2D eigenvalue weighted by molar-refractivity contribution is -0.919. The molecule has 2 heteroatoms. The smallest absolute Gasteiger partial charge is 0.102 e. The van der Waals surface area contributed by atoms with E-state index in [1.807, 2.05) is 6.08 Å². The molecule has 0 spiro atoms. The van der Waals surface area contributed by atoms with Crippen molar-refractivity contribution in [3.05, 3.63) is 12.7 Å². The summed E-state index contributed by atoms with van der Waals surface area (Å²) in [7, 11) is 0. The molecule has 0 aromatic heterocycles. The molecule has 2 nitrogen and oxygen atoms in total. The van der Waals surface area contributed by atoms with Crippen LogP contribution in [0.3, 0.4) is 0 Å². The molecule has 1 N–H and O–H groups in total. The van der Waals surface area contributed by atoms with Crippen molar-refractivity contribution in [1.29, 1.82) is 0 Å². The molecule has 0 bridgehead atoms. The van der Waals surface area contributed by atoms with Gasteiger partial charge in [-0.3, -0.25) is 0 Å². The third-order valence-electron chi connectivity index (χ3n) is 2.43. The van der Waals surface area contributed by atoms with E-state index in [9.17, 15) is 0 Å². The SMILES string of the molecule is C=CC[N+](CC)(CC)CCO. The Balaban J connectivity index is 4.06. The Morgan fingerprint density at radius 2 is 1.91 bits per heavy atom. The van der Waals surface area contributed by atoms with Crippen molar-refractivity contribution in [2.75, 3.05) is 32.8 Å². The molecule has 0 rings (SSSR count). The van der Waals surface area contributed by atoms with Gasteiger partial charge in [0.15, 0.2) is 0 Å². The maximum absolute atomic E-state index is 8.84. The molecule has 0 fully saturated rings. The number of likely N-dealkylation sites (N-methyl/N-ethyl adjacent to an activating group) is 1. The van der Waals surface area contributed by atoms with Crippen LogP contribution < -0.4 is 0 Å². The number of nitrogens with zero attached hydrogens (tertiary/aromatic N) is 1. The van der Waals surface area contributed by atoms with Crippen molar-refractivity contribution in [2.24, 2.45) is 0 Å². The summed E-state index contributed by atoms with van der Waals surface area (Å²) in [4.78, 5) is 0. The van der Waals surface area contributed by atoms with Crippen LogP contribution in [0.1, 0.15) is 13.8 Å². The minimum absolute atomic E-state index is 0.273. The van der Waals surface area contributed by atoms with Gasteiger partial charge >= 0.3 is 0 Å². The van der Waals surface area contributed by atoms with E-state index in [-0.39, 0.29) is 6.61 Å². The van der Waals surface area contributed by atoms with Crippen LogP contribution in [0.2, 0.25) is 0 Å². The summed E-state index contributed by atoms with van der Waals surface area (Å²) in [5.74, 6) is 0. The van der Waals surface area contributed by atoms with E-state index in [0.29, 0.717) is 0 Å². The average molecular weight is 158 g/mol. The normalized spacial score (nSPS) is 11.5. The summed E-state index contributed by atoms with van der Waals surface area (Å²) in [6.45, 7) is 12.3. The standard InChI is InChI=1S/C9H20NO/c1-4-7-10(5-2,6-3)8-9-11/h4,11H,1,5-9H2,2-3H3/q+1. The summed E-state index contributed by atoms with van der Waals surface area (Å²) >= 11 is 0. The zero-order valence-electron chi connectivity index (χ0n) is 7.71. The maximum atomic E-state index is 8.84. The fourth-order valence-corrected chi connectivity index (χ4v) is 1.38. The highest BCUT2D eigenvalue weighted by Crippen LogP contribution is 2.04. The van der Waals surface area contributed by atoms with Crippen LogP contribution in [0.15, 0.2) is 12.7 Å². The van der Waals surface area contributed by atoms with Gasteiger partial charge in [-0.1, -0.05) is 6.58 Å². The monoisotopic (exact) mass is 158 g/mol. The maximum Gasteiger partial charge on any atom is 0.102 e. The number of quaternary nitrogens is 1. The Hall–Kier alpha value is -0.340. The van der Waals surface area contributed by atoms with Gasteiger partial charge in [0.2, 0.25) is 0 Å². The van der Waals surface area contributed by atoms with Crippen LogP contribution in [-0.2, 0) is 0 Å². The molecule has 0 atom stereocenters. The van der Waals surface area contributed by atoms with Crippen molar-refractivity contribution in [2.45, 2.75) is 13.8 Å². The minimum Gasteiger partial charge on any atom is -0.391 e. The summed E-state index contributed by atoms with van der Waals surface area (Å²) < 4.78 is 0.958. The number of hydrogen-bond donors (Lipinski definition) is 1. The van der Waals surface area contributed by atoms with Crippen molar-refractivity contribution in [3.63, 3.8) is 0 Å². The number of aliphatic hydroxyl groups is 1. The van der Waals surface area contributed by atoms with Gasteiger partial charge in [0.05, 0.1) is 26.2 Å². The van der Waals surface area contributed by atoms with E-state index in [2.05, 4.69) is 20.4 Å². The first-order chi connectivity index (χ1) is 5.24. The molecule has 0 radical (unpaired) electrons. The lowest BCUT2D eigenvalue weighted by Crippen LogP contribution is -2.49. The van der Waals surface area contributed by atoms with Gasteiger partial charge in [-0.05, 0) is 19.9 Å². The van der Waals surface area contributed by atoms with Crippen LogP contribution >= 0.6 is 0 Å². The topological polar surface area (TPSA) is 20.2 Å². The van der Waals surface area contributed by atoms with Crippen molar-refractivity contribution >= 4 is 0 Å². The second kappa shape index (κ2) is 5.33. The molecule has 0 heterocycles. The first kappa shape index (κ1) is 10.7. The molecule has 0 saturated heterocycles. The first-order valence-corrected chi connectivity index (χ1v) is 4.31. The van der Waals surface area contributed by atoms with E-state index in [4.69, 9.17) is 5.11 Å². The van der Waals surface area contributed by atoms with Gasteiger partial charge in [-0.2, -0.15) is 0 Å². The third kappa shape index (κ3) is 3.04. The number of rotatable bonds is 6. The van der Waals surface area contributed by atoms with Crippen LogP contribution in [0.5, 0.6) is 0 Å². The molecule has 0 aliphatic carbocycles. The van der Waals surface area contributed by atoms with E-state index < -0.39 is 0 Å². The molecular weight excluding hydrogens is 138 g/mol. The Kier molecular flexibility index (Phi) is 5.16. The average Bonchev–Trinajstić information content (AvgIpc) is 2.04. The molecule has 0 amide bonds. The summed E-state index contributed by atoms with van der Waals surface area (Å²) in [6, 6.07) is 0. The predicted octanol–water partition coefficient (Wildman–Crippen LogP) is 1.02. The van der Waals surface area contributed by atoms with Gasteiger partial charge in [0.1, 0.15) is 6.54 Å². The fraction of sp³-hybridized carbons (Fsp3) is 0.778. The summed E-state index contributed by atoms with van der Waals surface area (Å²) in [5, 5.41) is 8.84.